The molecule has 2 heterocycles. The maximum atomic E-state index is 11.3. The number of fused-ring (bicyclic) bond motifs is 2. The second-order valence-electron chi connectivity index (χ2n) is 13.3. The smallest absolute Gasteiger partial charge is 0.223 e. The van der Waals surface area contributed by atoms with Gasteiger partial charge in [0.05, 0.1) is 37.9 Å². The van der Waals surface area contributed by atoms with Crippen molar-refractivity contribution in [2.45, 2.75) is 100 Å². The van der Waals surface area contributed by atoms with Crippen molar-refractivity contribution >= 4 is 23.2 Å². The van der Waals surface area contributed by atoms with Crippen molar-refractivity contribution in [3.8, 4) is 11.1 Å². The van der Waals surface area contributed by atoms with Gasteiger partial charge in [-0.2, -0.15) is 10.2 Å². The lowest BCUT2D eigenvalue weighted by molar-refractivity contribution is -0.135. The summed E-state index contributed by atoms with van der Waals surface area (Å²) in [5.41, 5.74) is 10.9. The van der Waals surface area contributed by atoms with Crippen LogP contribution in [0.15, 0.2) is 89.1 Å². The maximum Gasteiger partial charge on any atom is 0.223 e. The Morgan fingerprint density at radius 3 is 2.22 bits per heavy atom. The Hall–Kier alpha value is -3.88. The summed E-state index contributed by atoms with van der Waals surface area (Å²) < 4.78 is 11.2. The van der Waals surface area contributed by atoms with Crippen molar-refractivity contribution < 1.29 is 19.1 Å². The molecule has 51 heavy (non-hydrogen) atoms. The minimum absolute atomic E-state index is 0.152. The molecule has 2 aromatic carbocycles. The first kappa shape index (κ1) is 43.3. The Bertz CT molecular complexity index is 1420. The quantitative estimate of drug-likeness (QED) is 0.225. The van der Waals surface area contributed by atoms with E-state index in [1.165, 1.54) is 16.7 Å². The Labute approximate surface area is 308 Å². The SMILES string of the molecule is CC.CCCC(=O)N1CCOCC1.CCCC(C)(CCC)C(N)=O.C[C@H](COCc1ccccc1-c1ccccc1)C1=NN=C2C=CC=CC1C2. The number of carbonyl (C=O) groups excluding carboxylic acids is 2. The molecule has 3 aliphatic rings. The van der Waals surface area contributed by atoms with Crippen molar-refractivity contribution in [1.29, 1.82) is 0 Å². The van der Waals surface area contributed by atoms with E-state index in [0.717, 1.165) is 63.0 Å². The predicted octanol–water partition coefficient (Wildman–Crippen LogP) is 9.20. The third-order valence-corrected chi connectivity index (χ3v) is 9.10. The van der Waals surface area contributed by atoms with Gasteiger partial charge >= 0.3 is 0 Å². The molecule has 0 saturated carbocycles. The molecule has 8 heteroatoms. The van der Waals surface area contributed by atoms with Gasteiger partial charge in [-0.25, -0.2) is 0 Å². The summed E-state index contributed by atoms with van der Waals surface area (Å²) in [5.74, 6) is 0.701. The van der Waals surface area contributed by atoms with E-state index in [9.17, 15) is 9.59 Å². The molecule has 2 atom stereocenters. The number of nitrogens with zero attached hydrogens (tertiary/aromatic N) is 3. The van der Waals surface area contributed by atoms with Gasteiger partial charge < -0.3 is 20.1 Å². The first-order valence-corrected chi connectivity index (χ1v) is 19.1. The van der Waals surface area contributed by atoms with Crippen molar-refractivity contribution in [2.75, 3.05) is 32.9 Å². The molecule has 0 aromatic heterocycles. The number of allylic oxidation sites excluding steroid dienone is 4. The molecule has 2 aliphatic heterocycles. The van der Waals surface area contributed by atoms with Crippen LogP contribution in [0.1, 0.15) is 99.0 Å². The van der Waals surface area contributed by atoms with E-state index < -0.39 is 0 Å². The molecule has 1 fully saturated rings. The molecule has 0 spiro atoms. The van der Waals surface area contributed by atoms with Gasteiger partial charge in [0.15, 0.2) is 0 Å². The number of carbonyl (C=O) groups is 2. The van der Waals surface area contributed by atoms with Gasteiger partial charge in [-0.15, -0.1) is 0 Å². The Balaban J connectivity index is 0.000000311. The fraction of sp³-hybridized carbons (Fsp3) is 0.535. The van der Waals surface area contributed by atoms with Crippen molar-refractivity contribution in [2.24, 2.45) is 33.2 Å². The summed E-state index contributed by atoms with van der Waals surface area (Å²) in [5, 5.41) is 8.84. The number of amides is 2. The normalized spacial score (nSPS) is 16.8. The highest BCUT2D eigenvalue weighted by molar-refractivity contribution is 6.03. The van der Waals surface area contributed by atoms with Crippen LogP contribution in [-0.2, 0) is 25.7 Å². The number of benzene rings is 2. The van der Waals surface area contributed by atoms with Crippen LogP contribution < -0.4 is 5.73 Å². The minimum atomic E-state index is -0.260. The molecule has 2 N–H and O–H groups in total. The molecule has 280 valence electrons. The first-order valence-electron chi connectivity index (χ1n) is 19.1. The molecule has 8 nitrogen and oxygen atoms in total. The molecule has 1 unspecified atom stereocenters. The van der Waals surface area contributed by atoms with Gasteiger partial charge in [0.1, 0.15) is 0 Å². The highest BCUT2D eigenvalue weighted by Crippen LogP contribution is 2.28. The molecule has 5 rings (SSSR count). The van der Waals surface area contributed by atoms with Gasteiger partial charge in [-0.1, -0.05) is 134 Å². The maximum absolute atomic E-state index is 11.3. The van der Waals surface area contributed by atoms with E-state index >= 15 is 0 Å². The summed E-state index contributed by atoms with van der Waals surface area (Å²) in [7, 11) is 0. The fourth-order valence-electron chi connectivity index (χ4n) is 6.30. The van der Waals surface area contributed by atoms with Crippen LogP contribution in [0.25, 0.3) is 11.1 Å². The largest absolute Gasteiger partial charge is 0.378 e. The molecule has 2 amide bonds. The Kier molecular flexibility index (Phi) is 20.7. The zero-order chi connectivity index (χ0) is 37.5. The standard InChI is InChI=1S/C24H24N2O.C9H19NO.C8H15NO2.C2H6/c1-18(24-20-11-5-7-13-22(15-20)25-26-24)16-27-17-21-12-6-8-14-23(21)19-9-3-2-4-10-19;1-4-6-9(3,7-5-2)8(10)11;1-2-3-8(10)9-4-6-11-7-5-9;1-2/h2-14,18,20H,15-17H2,1H3;4-7H2,1-3H3,(H2,10,11);2-7H2,1H3;1-2H3/t18-,20?;;;/m1.../s1. The number of hydrogen-bond acceptors (Lipinski definition) is 6. The Morgan fingerprint density at radius 2 is 1.59 bits per heavy atom. The minimum Gasteiger partial charge on any atom is -0.378 e. The molecular weight excluding hydrogens is 636 g/mol. The van der Waals surface area contributed by atoms with Crippen LogP contribution >= 0.6 is 0 Å². The fourth-order valence-corrected chi connectivity index (χ4v) is 6.30. The molecule has 1 saturated heterocycles. The number of ether oxygens (including phenoxy) is 2. The number of nitrogens with two attached hydrogens (primary N) is 1. The molecular formula is C43H64N4O4. The van der Waals surface area contributed by atoms with E-state index in [0.29, 0.717) is 38.8 Å². The highest BCUT2D eigenvalue weighted by Gasteiger charge is 2.28. The third-order valence-electron chi connectivity index (χ3n) is 9.10. The average molecular weight is 701 g/mol. The lowest BCUT2D eigenvalue weighted by Gasteiger charge is -2.26. The van der Waals surface area contributed by atoms with Crippen LogP contribution in [-0.4, -0.2) is 61.0 Å². The topological polar surface area (TPSA) is 107 Å². The van der Waals surface area contributed by atoms with Gasteiger partial charge in [0.2, 0.25) is 11.8 Å². The zero-order valence-electron chi connectivity index (χ0n) is 32.4. The summed E-state index contributed by atoms with van der Waals surface area (Å²) >= 11 is 0. The number of rotatable bonds is 13. The average Bonchev–Trinajstić information content (AvgIpc) is 3.34. The summed E-state index contributed by atoms with van der Waals surface area (Å²) in [4.78, 5) is 24.2. The zero-order valence-corrected chi connectivity index (χ0v) is 32.4. The number of hydrogen-bond donors (Lipinski definition) is 1. The highest BCUT2D eigenvalue weighted by atomic mass is 16.5. The van der Waals surface area contributed by atoms with Crippen molar-refractivity contribution in [3.05, 3.63) is 84.5 Å². The van der Waals surface area contributed by atoms with E-state index in [1.807, 2.05) is 50.8 Å². The monoisotopic (exact) mass is 700 g/mol. The number of primary amides is 1. The predicted molar refractivity (Wildman–Crippen MR) is 213 cm³/mol. The van der Waals surface area contributed by atoms with E-state index in [2.05, 4.69) is 91.7 Å². The van der Waals surface area contributed by atoms with E-state index in [-0.39, 0.29) is 23.1 Å². The molecule has 0 radical (unpaired) electrons. The third kappa shape index (κ3) is 14.7. The van der Waals surface area contributed by atoms with Gasteiger partial charge in [-0.3, -0.25) is 9.59 Å². The molecule has 2 bridgehead atoms. The van der Waals surface area contributed by atoms with Gasteiger partial charge in [0.25, 0.3) is 0 Å². The van der Waals surface area contributed by atoms with E-state index in [1.54, 1.807) is 0 Å². The summed E-state index contributed by atoms with van der Waals surface area (Å²) in [6, 6.07) is 18.9. The Morgan fingerprint density at radius 1 is 0.941 bits per heavy atom. The van der Waals surface area contributed by atoms with Crippen LogP contribution in [0.5, 0.6) is 0 Å². The lowest BCUT2D eigenvalue weighted by atomic mass is 9.81. The second-order valence-corrected chi connectivity index (χ2v) is 13.3. The summed E-state index contributed by atoms with van der Waals surface area (Å²) in [6.07, 6.45) is 14.8. The van der Waals surface area contributed by atoms with Crippen LogP contribution in [0, 0.1) is 17.3 Å². The molecule has 1 aliphatic carbocycles. The lowest BCUT2D eigenvalue weighted by Crippen LogP contribution is -2.40. The first-order chi connectivity index (χ1) is 24.7. The van der Waals surface area contributed by atoms with Gasteiger partial charge in [-0.05, 0) is 42.0 Å². The second kappa shape index (κ2) is 24.3. The molecule has 2 aromatic rings. The summed E-state index contributed by atoms with van der Waals surface area (Å²) in [6.45, 7) is 18.5. The number of morpholine rings is 1. The van der Waals surface area contributed by atoms with Crippen LogP contribution in [0.4, 0.5) is 0 Å². The van der Waals surface area contributed by atoms with Crippen LogP contribution in [0.2, 0.25) is 0 Å². The van der Waals surface area contributed by atoms with Crippen molar-refractivity contribution in [1.82, 2.24) is 4.90 Å². The van der Waals surface area contributed by atoms with Crippen molar-refractivity contribution in [3.63, 3.8) is 0 Å². The van der Waals surface area contributed by atoms with E-state index in [4.69, 9.17) is 15.2 Å². The van der Waals surface area contributed by atoms with Crippen LogP contribution in [0.3, 0.4) is 0 Å². The van der Waals surface area contributed by atoms with Gasteiger partial charge in [0, 0.05) is 43.2 Å².